The summed E-state index contributed by atoms with van der Waals surface area (Å²) in [6, 6.07) is 11.2. The van der Waals surface area contributed by atoms with Crippen molar-refractivity contribution in [3.8, 4) is 11.5 Å². The lowest BCUT2D eigenvalue weighted by Crippen LogP contribution is -2.07. The predicted octanol–water partition coefficient (Wildman–Crippen LogP) is 2.13. The minimum Gasteiger partial charge on any atom is -0.329 e. The highest BCUT2D eigenvalue weighted by molar-refractivity contribution is 5.80. The quantitative estimate of drug-likeness (QED) is 0.626. The van der Waals surface area contributed by atoms with Crippen LogP contribution in [0, 0.1) is 6.92 Å². The van der Waals surface area contributed by atoms with Gasteiger partial charge in [0.15, 0.2) is 11.5 Å². The number of rotatable bonds is 3. The summed E-state index contributed by atoms with van der Waals surface area (Å²) in [5.41, 5.74) is 3.99. The van der Waals surface area contributed by atoms with Crippen molar-refractivity contribution in [2.45, 2.75) is 13.5 Å². The van der Waals surface area contributed by atoms with Crippen LogP contribution in [0.15, 0.2) is 52.0 Å². The van der Waals surface area contributed by atoms with Gasteiger partial charge < -0.3 is 9.55 Å². The molecule has 0 amide bonds. The maximum absolute atomic E-state index is 11.2. The molecule has 0 spiro atoms. The smallest absolute Gasteiger partial charge is 0.247 e. The van der Waals surface area contributed by atoms with E-state index in [0.717, 1.165) is 16.6 Å². The van der Waals surface area contributed by atoms with Crippen molar-refractivity contribution in [1.29, 1.82) is 0 Å². The number of imidazole rings is 1. The highest BCUT2D eigenvalue weighted by atomic mass is 16.6. The topological polar surface area (TPSA) is 89.6 Å². The van der Waals surface area contributed by atoms with Crippen LogP contribution in [0.2, 0.25) is 0 Å². The maximum atomic E-state index is 11.2. The highest BCUT2D eigenvalue weighted by Gasteiger charge is 2.18. The summed E-state index contributed by atoms with van der Waals surface area (Å²) in [6.45, 7) is 2.38. The van der Waals surface area contributed by atoms with Crippen LogP contribution in [0.3, 0.4) is 0 Å². The van der Waals surface area contributed by atoms with Crippen molar-refractivity contribution >= 4 is 11.0 Å². The van der Waals surface area contributed by atoms with Crippen molar-refractivity contribution in [2.24, 2.45) is 0 Å². The highest BCUT2D eigenvalue weighted by Crippen LogP contribution is 2.25. The van der Waals surface area contributed by atoms with Gasteiger partial charge in [-0.05, 0) is 29.8 Å². The summed E-state index contributed by atoms with van der Waals surface area (Å²) in [6.07, 6.45) is 1.70. The van der Waals surface area contributed by atoms with Crippen molar-refractivity contribution < 1.29 is 4.63 Å². The number of para-hydroxylation sites is 2. The first kappa shape index (κ1) is 13.4. The van der Waals surface area contributed by atoms with Gasteiger partial charge in [0.2, 0.25) is 5.56 Å². The minimum atomic E-state index is -0.124. The molecule has 0 aliphatic carbocycles. The lowest BCUT2D eigenvalue weighted by molar-refractivity contribution is 0.305. The molecule has 4 rings (SSSR count). The van der Waals surface area contributed by atoms with E-state index in [1.54, 1.807) is 12.3 Å². The number of nitrogens with zero attached hydrogens (tertiary/aromatic N) is 4. The van der Waals surface area contributed by atoms with Crippen LogP contribution in [0.25, 0.3) is 22.6 Å². The molecule has 4 aromatic rings. The number of fused-ring (bicyclic) bond motifs is 1. The largest absolute Gasteiger partial charge is 0.329 e. The molecular formula is C16H13N5O2. The summed E-state index contributed by atoms with van der Waals surface area (Å²) in [5, 5.41) is 7.81. The van der Waals surface area contributed by atoms with Crippen LogP contribution in [-0.4, -0.2) is 24.8 Å². The van der Waals surface area contributed by atoms with E-state index in [9.17, 15) is 4.79 Å². The molecular weight excluding hydrogens is 294 g/mol. The van der Waals surface area contributed by atoms with Gasteiger partial charge in [0.1, 0.15) is 5.69 Å². The van der Waals surface area contributed by atoms with Crippen LogP contribution in [0.1, 0.15) is 11.3 Å². The zero-order chi connectivity index (χ0) is 15.8. The Morgan fingerprint density at radius 2 is 2.04 bits per heavy atom. The van der Waals surface area contributed by atoms with E-state index in [4.69, 9.17) is 4.63 Å². The van der Waals surface area contributed by atoms with E-state index < -0.39 is 0 Å². The Morgan fingerprint density at radius 3 is 2.78 bits per heavy atom. The minimum absolute atomic E-state index is 0.124. The van der Waals surface area contributed by atoms with Crippen molar-refractivity contribution in [3.63, 3.8) is 0 Å². The first-order valence-corrected chi connectivity index (χ1v) is 7.15. The van der Waals surface area contributed by atoms with Crippen LogP contribution < -0.4 is 5.56 Å². The van der Waals surface area contributed by atoms with Gasteiger partial charge >= 0.3 is 0 Å². The van der Waals surface area contributed by atoms with E-state index in [1.165, 1.54) is 6.07 Å². The number of aromatic nitrogens is 5. The maximum Gasteiger partial charge on any atom is 0.247 e. The number of hydrogen-bond donors (Lipinski definition) is 1. The number of pyridine rings is 1. The molecule has 3 heterocycles. The molecule has 7 nitrogen and oxygen atoms in total. The Balaban J connectivity index is 1.91. The van der Waals surface area contributed by atoms with Gasteiger partial charge in [-0.1, -0.05) is 23.4 Å². The average Bonchev–Trinajstić information content (AvgIpc) is 3.13. The Bertz CT molecular complexity index is 1020. The van der Waals surface area contributed by atoms with Crippen molar-refractivity contribution in [1.82, 2.24) is 24.8 Å². The van der Waals surface area contributed by atoms with Gasteiger partial charge in [-0.25, -0.2) is 9.61 Å². The van der Waals surface area contributed by atoms with Gasteiger partial charge in [0.05, 0.1) is 17.6 Å². The molecule has 0 radical (unpaired) electrons. The number of aromatic amines is 1. The Morgan fingerprint density at radius 1 is 1.17 bits per heavy atom. The molecule has 0 atom stereocenters. The second-order valence-electron chi connectivity index (χ2n) is 5.27. The van der Waals surface area contributed by atoms with E-state index in [0.29, 0.717) is 23.8 Å². The lowest BCUT2D eigenvalue weighted by atomic mass is 10.2. The van der Waals surface area contributed by atoms with E-state index in [-0.39, 0.29) is 5.56 Å². The molecule has 3 aromatic heterocycles. The molecule has 114 valence electrons. The third-order valence-corrected chi connectivity index (χ3v) is 3.71. The number of nitrogens with one attached hydrogen (secondary N) is 1. The number of H-pyrrole nitrogens is 1. The summed E-state index contributed by atoms with van der Waals surface area (Å²) in [4.78, 5) is 18.6. The molecule has 0 saturated carbocycles. The molecule has 1 aromatic carbocycles. The van der Waals surface area contributed by atoms with Crippen LogP contribution in [0.4, 0.5) is 0 Å². The Hall–Kier alpha value is -3.22. The van der Waals surface area contributed by atoms with Crippen LogP contribution in [0.5, 0.6) is 0 Å². The van der Waals surface area contributed by atoms with Gasteiger partial charge in [-0.2, -0.15) is 0 Å². The van der Waals surface area contributed by atoms with Gasteiger partial charge in [-0.3, -0.25) is 4.79 Å². The summed E-state index contributed by atoms with van der Waals surface area (Å²) < 4.78 is 6.85. The van der Waals surface area contributed by atoms with Crippen LogP contribution in [-0.2, 0) is 6.54 Å². The number of hydrogen-bond acceptors (Lipinski definition) is 5. The fourth-order valence-corrected chi connectivity index (χ4v) is 2.57. The van der Waals surface area contributed by atoms with E-state index >= 15 is 0 Å². The fraction of sp³-hybridized carbons (Fsp3) is 0.125. The SMILES string of the molecule is Cc1nonc1-c1nc2ccccc2n1Cc1ccc(=O)[nH]c1. The van der Waals surface area contributed by atoms with Gasteiger partial charge in [-0.15, -0.1) is 0 Å². The molecule has 1 N–H and O–H groups in total. The molecule has 0 saturated heterocycles. The third kappa shape index (κ3) is 2.32. The first-order valence-electron chi connectivity index (χ1n) is 7.15. The first-order chi connectivity index (χ1) is 11.2. The van der Waals surface area contributed by atoms with Crippen molar-refractivity contribution in [3.05, 3.63) is 64.2 Å². The number of benzene rings is 1. The second-order valence-corrected chi connectivity index (χ2v) is 5.27. The zero-order valence-electron chi connectivity index (χ0n) is 12.4. The normalized spacial score (nSPS) is 11.2. The zero-order valence-corrected chi connectivity index (χ0v) is 12.4. The Labute approximate surface area is 130 Å². The van der Waals surface area contributed by atoms with E-state index in [2.05, 4.69) is 20.3 Å². The van der Waals surface area contributed by atoms with Gasteiger partial charge in [0.25, 0.3) is 0 Å². The van der Waals surface area contributed by atoms with E-state index in [1.807, 2.05) is 35.8 Å². The molecule has 0 aliphatic heterocycles. The summed E-state index contributed by atoms with van der Waals surface area (Å²) >= 11 is 0. The summed E-state index contributed by atoms with van der Waals surface area (Å²) in [7, 11) is 0. The third-order valence-electron chi connectivity index (χ3n) is 3.71. The second kappa shape index (κ2) is 5.20. The molecule has 0 bridgehead atoms. The van der Waals surface area contributed by atoms with Crippen molar-refractivity contribution in [2.75, 3.05) is 0 Å². The molecule has 0 unspecified atom stereocenters. The molecule has 0 fully saturated rings. The van der Waals surface area contributed by atoms with Crippen LogP contribution >= 0.6 is 0 Å². The average molecular weight is 307 g/mol. The van der Waals surface area contributed by atoms with Gasteiger partial charge in [0, 0.05) is 12.3 Å². The predicted molar refractivity (Wildman–Crippen MR) is 83.9 cm³/mol. The number of aryl methyl sites for hydroxylation is 1. The lowest BCUT2D eigenvalue weighted by Gasteiger charge is -2.07. The summed E-state index contributed by atoms with van der Waals surface area (Å²) in [5.74, 6) is 0.691. The standard InChI is InChI=1S/C16H13N5O2/c1-10-15(20-23-19-10)16-18-12-4-2-3-5-13(12)21(16)9-11-6-7-14(22)17-8-11/h2-8H,9H2,1H3,(H,17,22). The Kier molecular flexibility index (Phi) is 3.04. The monoisotopic (exact) mass is 307 g/mol. The fourth-order valence-electron chi connectivity index (χ4n) is 2.57. The molecule has 7 heteroatoms. The molecule has 23 heavy (non-hydrogen) atoms. The molecule has 0 aliphatic rings.